The molecule has 2 nitrogen and oxygen atoms in total. The van der Waals surface area contributed by atoms with Gasteiger partial charge in [-0.25, -0.2) is 4.99 Å². The van der Waals surface area contributed by atoms with Crippen LogP contribution in [0.4, 0.5) is 32.0 Å². The number of rotatable bonds is 2. The average Bonchev–Trinajstić information content (AvgIpc) is 2.17. The Morgan fingerprint density at radius 1 is 1.06 bits per heavy atom. The zero-order valence-electron chi connectivity index (χ0n) is 8.93. The number of aliphatic imine (C=N–C) groups is 1. The van der Waals surface area contributed by atoms with Crippen LogP contribution in [0.3, 0.4) is 0 Å². The molecule has 1 aromatic rings. The molecule has 0 bridgehead atoms. The normalized spacial score (nSPS) is 13.6. The number of halogens is 6. The molecule has 0 amide bonds. The van der Waals surface area contributed by atoms with E-state index >= 15 is 0 Å². The molecule has 0 saturated heterocycles. The van der Waals surface area contributed by atoms with Gasteiger partial charge in [0.05, 0.1) is 0 Å². The number of nitrogens with zero attached hydrogens (tertiary/aromatic N) is 1. The topological polar surface area (TPSA) is 21.6 Å². The highest BCUT2D eigenvalue weighted by Crippen LogP contribution is 2.33. The third kappa shape index (κ3) is 4.27. The molecule has 0 aliphatic heterocycles. The van der Waals surface area contributed by atoms with Crippen LogP contribution in [0.25, 0.3) is 0 Å². The predicted molar refractivity (Wildman–Crippen MR) is 51.9 cm³/mol. The molecule has 100 valence electrons. The maximum absolute atomic E-state index is 12.2. The molecule has 0 N–H and O–H groups in total. The van der Waals surface area contributed by atoms with Crippen molar-refractivity contribution >= 4 is 11.4 Å². The Morgan fingerprint density at radius 3 is 2.11 bits per heavy atom. The number of hydrogen-bond donors (Lipinski definition) is 0. The highest BCUT2D eigenvalue weighted by molar-refractivity contribution is 5.90. The van der Waals surface area contributed by atoms with E-state index in [-0.39, 0.29) is 0 Å². The van der Waals surface area contributed by atoms with Crippen LogP contribution in [0, 0.1) is 0 Å². The molecular formula is C10H7F6NO. The van der Waals surface area contributed by atoms with Crippen molar-refractivity contribution in [2.75, 3.05) is 0 Å². The first-order valence-electron chi connectivity index (χ1n) is 4.57. The first-order chi connectivity index (χ1) is 8.09. The summed E-state index contributed by atoms with van der Waals surface area (Å²) >= 11 is 0. The van der Waals surface area contributed by atoms with Gasteiger partial charge in [-0.15, -0.1) is 13.2 Å². The van der Waals surface area contributed by atoms with Crippen LogP contribution >= 0.6 is 0 Å². The van der Waals surface area contributed by atoms with Gasteiger partial charge in [-0.1, -0.05) is 12.1 Å². The SMILES string of the molecule is CC(=Nc1ccccc1OC(F)(F)F)C(F)(F)F. The quantitative estimate of drug-likeness (QED) is 0.582. The summed E-state index contributed by atoms with van der Waals surface area (Å²) in [6.45, 7) is 0.657. The minimum atomic E-state index is -4.99. The van der Waals surface area contributed by atoms with Crippen LogP contribution in [-0.4, -0.2) is 18.3 Å². The van der Waals surface area contributed by atoms with E-state index in [0.717, 1.165) is 12.1 Å². The molecule has 8 heteroatoms. The molecule has 0 atom stereocenters. The molecule has 18 heavy (non-hydrogen) atoms. The zero-order valence-corrected chi connectivity index (χ0v) is 8.93. The van der Waals surface area contributed by atoms with E-state index in [4.69, 9.17) is 0 Å². The monoisotopic (exact) mass is 271 g/mol. The second-order valence-corrected chi connectivity index (χ2v) is 3.21. The van der Waals surface area contributed by atoms with Crippen molar-refractivity contribution in [2.24, 2.45) is 4.99 Å². The van der Waals surface area contributed by atoms with E-state index in [1.54, 1.807) is 0 Å². The van der Waals surface area contributed by atoms with Crippen molar-refractivity contribution in [3.05, 3.63) is 24.3 Å². The van der Waals surface area contributed by atoms with Crippen LogP contribution in [0.1, 0.15) is 6.92 Å². The van der Waals surface area contributed by atoms with Gasteiger partial charge in [0.25, 0.3) is 0 Å². The van der Waals surface area contributed by atoms with Gasteiger partial charge in [0, 0.05) is 0 Å². The lowest BCUT2D eigenvalue weighted by molar-refractivity contribution is -0.274. The highest BCUT2D eigenvalue weighted by atomic mass is 19.4. The molecule has 0 aliphatic carbocycles. The molecule has 0 aliphatic rings. The summed E-state index contributed by atoms with van der Waals surface area (Å²) in [5.41, 5.74) is -1.80. The maximum Gasteiger partial charge on any atom is 0.573 e. The fourth-order valence-corrected chi connectivity index (χ4v) is 1.00. The van der Waals surface area contributed by atoms with Crippen molar-refractivity contribution in [2.45, 2.75) is 19.5 Å². The number of hydrogen-bond acceptors (Lipinski definition) is 2. The number of para-hydroxylation sites is 2. The first kappa shape index (κ1) is 14.3. The lowest BCUT2D eigenvalue weighted by atomic mass is 10.3. The molecule has 0 saturated carbocycles. The second kappa shape index (κ2) is 4.87. The van der Waals surface area contributed by atoms with E-state index in [1.807, 2.05) is 0 Å². The van der Waals surface area contributed by atoms with E-state index < -0.39 is 29.7 Å². The highest BCUT2D eigenvalue weighted by Gasteiger charge is 2.34. The summed E-state index contributed by atoms with van der Waals surface area (Å²) in [4.78, 5) is 3.08. The van der Waals surface area contributed by atoms with Crippen LogP contribution in [0.2, 0.25) is 0 Å². The second-order valence-electron chi connectivity index (χ2n) is 3.21. The van der Waals surface area contributed by atoms with Gasteiger partial charge >= 0.3 is 12.5 Å². The number of alkyl halides is 6. The Labute approximate surface area is 97.9 Å². The van der Waals surface area contributed by atoms with Gasteiger partial charge in [0.1, 0.15) is 11.4 Å². The van der Waals surface area contributed by atoms with Crippen molar-refractivity contribution in [1.29, 1.82) is 0 Å². The Morgan fingerprint density at radius 2 is 1.61 bits per heavy atom. The Balaban J connectivity index is 3.11. The summed E-state index contributed by atoms with van der Waals surface area (Å²) in [5, 5.41) is 0. The van der Waals surface area contributed by atoms with Gasteiger partial charge in [0.2, 0.25) is 0 Å². The predicted octanol–water partition coefficient (Wildman–Crippen LogP) is 4.24. The lowest BCUT2D eigenvalue weighted by Gasteiger charge is -2.11. The maximum atomic E-state index is 12.2. The van der Waals surface area contributed by atoms with Crippen molar-refractivity contribution < 1.29 is 31.1 Å². The summed E-state index contributed by atoms with van der Waals surface area (Å²) in [6.07, 6.45) is -9.69. The van der Waals surface area contributed by atoms with Crippen molar-refractivity contribution in [3.63, 3.8) is 0 Å². The Hall–Kier alpha value is -1.73. The summed E-state index contributed by atoms with van der Waals surface area (Å²) < 4.78 is 76.2. The molecule has 0 spiro atoms. The van der Waals surface area contributed by atoms with Crippen molar-refractivity contribution in [3.8, 4) is 5.75 Å². The van der Waals surface area contributed by atoms with Gasteiger partial charge < -0.3 is 4.74 Å². The molecular weight excluding hydrogens is 264 g/mol. The smallest absolute Gasteiger partial charge is 0.403 e. The molecule has 0 heterocycles. The van der Waals surface area contributed by atoms with Crippen LogP contribution in [0.15, 0.2) is 29.3 Å². The number of benzene rings is 1. The summed E-state index contributed by atoms with van der Waals surface area (Å²) in [5.74, 6) is -0.784. The van der Waals surface area contributed by atoms with E-state index in [9.17, 15) is 26.3 Å². The molecule has 0 aromatic heterocycles. The zero-order chi connectivity index (χ0) is 14.0. The third-order valence-corrected chi connectivity index (χ3v) is 1.79. The third-order valence-electron chi connectivity index (χ3n) is 1.79. The standard InChI is InChI=1S/C10H7F6NO/c1-6(9(11,12)13)17-7-4-2-3-5-8(7)18-10(14,15)16/h2-5H,1H3. The van der Waals surface area contributed by atoms with Crippen molar-refractivity contribution in [1.82, 2.24) is 0 Å². The number of ether oxygens (including phenoxy) is 1. The average molecular weight is 271 g/mol. The fourth-order valence-electron chi connectivity index (χ4n) is 1.00. The van der Waals surface area contributed by atoms with E-state index in [1.165, 1.54) is 12.1 Å². The van der Waals surface area contributed by atoms with Crippen LogP contribution < -0.4 is 4.74 Å². The largest absolute Gasteiger partial charge is 0.573 e. The van der Waals surface area contributed by atoms with Gasteiger partial charge in [0.15, 0.2) is 5.75 Å². The van der Waals surface area contributed by atoms with Crippen LogP contribution in [-0.2, 0) is 0 Å². The van der Waals surface area contributed by atoms with Gasteiger partial charge in [-0.3, -0.25) is 0 Å². The minimum absolute atomic E-state index is 0.537. The van der Waals surface area contributed by atoms with E-state index in [2.05, 4.69) is 9.73 Å². The summed E-state index contributed by atoms with van der Waals surface area (Å²) in [6, 6.07) is 4.33. The molecule has 0 radical (unpaired) electrons. The first-order valence-corrected chi connectivity index (χ1v) is 4.57. The Kier molecular flexibility index (Phi) is 3.88. The molecule has 1 aromatic carbocycles. The molecule has 0 fully saturated rings. The molecule has 0 unspecified atom stereocenters. The van der Waals surface area contributed by atoms with Gasteiger partial charge in [-0.2, -0.15) is 13.2 Å². The summed E-state index contributed by atoms with van der Waals surface area (Å²) in [7, 11) is 0. The van der Waals surface area contributed by atoms with Gasteiger partial charge in [-0.05, 0) is 19.1 Å². The van der Waals surface area contributed by atoms with Crippen LogP contribution in [0.5, 0.6) is 5.75 Å². The fraction of sp³-hybridized carbons (Fsp3) is 0.300. The Bertz CT molecular complexity index is 448. The van der Waals surface area contributed by atoms with E-state index in [0.29, 0.717) is 6.92 Å². The minimum Gasteiger partial charge on any atom is -0.403 e. The molecule has 1 rings (SSSR count). The lowest BCUT2D eigenvalue weighted by Crippen LogP contribution is -2.19.